The first-order chi connectivity index (χ1) is 9.85. The number of amides is 1. The molecule has 1 amide bonds. The highest BCUT2D eigenvalue weighted by Crippen LogP contribution is 2.29. The molecule has 0 saturated carbocycles. The van der Waals surface area contributed by atoms with Crippen LogP contribution in [0, 0.1) is 5.41 Å². The van der Waals surface area contributed by atoms with Crippen LogP contribution in [0.5, 0.6) is 0 Å². The molecule has 1 aliphatic rings. The zero-order valence-corrected chi connectivity index (χ0v) is 13.5. The fraction of sp³-hybridized carbons (Fsp3) is 0.500. The summed E-state index contributed by atoms with van der Waals surface area (Å²) in [7, 11) is 0. The Hall–Kier alpha value is -1.46. The lowest BCUT2D eigenvalue weighted by atomic mass is 9.83. The number of rotatable bonds is 4. The van der Waals surface area contributed by atoms with Gasteiger partial charge >= 0.3 is 0 Å². The number of anilines is 1. The largest absolute Gasteiger partial charge is 0.389 e. The molecular weight excluding hydrogens is 282 g/mol. The van der Waals surface area contributed by atoms with Crippen LogP contribution in [-0.4, -0.2) is 35.4 Å². The molecular formula is C16H23N3OS. The molecule has 0 spiro atoms. The summed E-state index contributed by atoms with van der Waals surface area (Å²) in [5.74, 6) is 0.0257. The quantitative estimate of drug-likeness (QED) is 0.839. The van der Waals surface area contributed by atoms with Crippen molar-refractivity contribution >= 4 is 28.8 Å². The highest BCUT2D eigenvalue weighted by atomic mass is 32.1. The van der Waals surface area contributed by atoms with Crippen molar-refractivity contribution in [3.63, 3.8) is 0 Å². The summed E-state index contributed by atoms with van der Waals surface area (Å²) in [5, 5.41) is 2.91. The fourth-order valence-corrected chi connectivity index (χ4v) is 2.57. The van der Waals surface area contributed by atoms with Gasteiger partial charge in [0.05, 0.1) is 6.54 Å². The van der Waals surface area contributed by atoms with Gasteiger partial charge in [-0.05, 0) is 55.6 Å². The maximum atomic E-state index is 12.1. The molecule has 114 valence electrons. The van der Waals surface area contributed by atoms with Crippen LogP contribution >= 0.6 is 12.2 Å². The number of carbonyl (C=O) groups is 1. The highest BCUT2D eigenvalue weighted by molar-refractivity contribution is 7.80. The normalized spacial score (nSPS) is 18.2. The summed E-state index contributed by atoms with van der Waals surface area (Å²) in [4.78, 5) is 14.6. The Morgan fingerprint density at radius 2 is 1.86 bits per heavy atom. The van der Waals surface area contributed by atoms with Gasteiger partial charge in [0.1, 0.15) is 4.99 Å². The summed E-state index contributed by atoms with van der Waals surface area (Å²) in [5.41, 5.74) is 7.54. The first kappa shape index (κ1) is 15.9. The molecule has 1 aromatic carbocycles. The fourth-order valence-electron chi connectivity index (χ4n) is 2.44. The average molecular weight is 305 g/mol. The number of nitrogens with zero attached hydrogens (tertiary/aromatic N) is 1. The number of benzene rings is 1. The second-order valence-electron chi connectivity index (χ2n) is 6.43. The van der Waals surface area contributed by atoms with Crippen molar-refractivity contribution < 1.29 is 4.79 Å². The molecule has 0 aliphatic carbocycles. The Balaban J connectivity index is 1.83. The van der Waals surface area contributed by atoms with E-state index < -0.39 is 0 Å². The van der Waals surface area contributed by atoms with E-state index in [1.807, 2.05) is 24.3 Å². The zero-order valence-electron chi connectivity index (χ0n) is 12.7. The van der Waals surface area contributed by atoms with Crippen molar-refractivity contribution in [1.82, 2.24) is 4.90 Å². The predicted molar refractivity (Wildman–Crippen MR) is 90.4 cm³/mol. The van der Waals surface area contributed by atoms with Gasteiger partial charge in [0.15, 0.2) is 0 Å². The number of hydrogen-bond donors (Lipinski definition) is 2. The molecule has 0 aromatic heterocycles. The molecule has 2 rings (SSSR count). The molecule has 0 bridgehead atoms. The monoisotopic (exact) mass is 305 g/mol. The number of carbonyl (C=O) groups excluding carboxylic acids is 1. The van der Waals surface area contributed by atoms with E-state index >= 15 is 0 Å². The molecule has 21 heavy (non-hydrogen) atoms. The maximum Gasteiger partial charge on any atom is 0.238 e. The van der Waals surface area contributed by atoms with Gasteiger partial charge in [-0.2, -0.15) is 0 Å². The van der Waals surface area contributed by atoms with Crippen molar-refractivity contribution in [3.8, 4) is 0 Å². The first-order valence-corrected chi connectivity index (χ1v) is 7.69. The molecule has 0 radical (unpaired) electrons. The van der Waals surface area contributed by atoms with E-state index in [0.717, 1.165) is 37.2 Å². The second-order valence-corrected chi connectivity index (χ2v) is 6.87. The van der Waals surface area contributed by atoms with Crippen molar-refractivity contribution in [2.45, 2.75) is 26.7 Å². The van der Waals surface area contributed by atoms with Gasteiger partial charge in [0.2, 0.25) is 5.91 Å². The Bertz CT molecular complexity index is 515. The van der Waals surface area contributed by atoms with E-state index in [1.165, 1.54) is 0 Å². The summed E-state index contributed by atoms with van der Waals surface area (Å²) in [6, 6.07) is 7.29. The number of likely N-dealkylation sites (tertiary alicyclic amines) is 1. The van der Waals surface area contributed by atoms with Gasteiger partial charge in [-0.25, -0.2) is 0 Å². The van der Waals surface area contributed by atoms with E-state index in [4.69, 9.17) is 18.0 Å². The van der Waals surface area contributed by atoms with Crippen molar-refractivity contribution in [1.29, 1.82) is 0 Å². The van der Waals surface area contributed by atoms with Crippen LogP contribution in [0.1, 0.15) is 32.3 Å². The van der Waals surface area contributed by atoms with Crippen LogP contribution < -0.4 is 11.1 Å². The van der Waals surface area contributed by atoms with E-state index in [-0.39, 0.29) is 5.91 Å². The van der Waals surface area contributed by atoms with Gasteiger partial charge in [-0.15, -0.1) is 0 Å². The Morgan fingerprint density at radius 3 is 2.38 bits per heavy atom. The first-order valence-electron chi connectivity index (χ1n) is 7.28. The number of nitrogens with one attached hydrogen (secondary N) is 1. The van der Waals surface area contributed by atoms with Crippen LogP contribution in [0.2, 0.25) is 0 Å². The number of piperidine rings is 1. The minimum Gasteiger partial charge on any atom is -0.389 e. The molecule has 0 atom stereocenters. The van der Waals surface area contributed by atoms with E-state index in [9.17, 15) is 4.79 Å². The lowest BCUT2D eigenvalue weighted by molar-refractivity contribution is -0.117. The second kappa shape index (κ2) is 6.54. The topological polar surface area (TPSA) is 58.4 Å². The lowest BCUT2D eigenvalue weighted by Gasteiger charge is -2.36. The molecule has 0 unspecified atom stereocenters. The molecule has 1 aromatic rings. The molecule has 3 N–H and O–H groups in total. The molecule has 1 fully saturated rings. The Labute approximate surface area is 131 Å². The van der Waals surface area contributed by atoms with Crippen LogP contribution in [0.3, 0.4) is 0 Å². The minimum atomic E-state index is 0.0257. The predicted octanol–water partition coefficient (Wildman–Crippen LogP) is 2.38. The summed E-state index contributed by atoms with van der Waals surface area (Å²) in [6.45, 7) is 7.00. The molecule has 5 heteroatoms. The third-order valence-electron chi connectivity index (χ3n) is 4.03. The standard InChI is InChI=1S/C16H23N3OS/c1-16(2)7-9-19(10-8-16)11-14(20)18-13-5-3-12(4-6-13)15(17)21/h3-6H,7-11H2,1-2H3,(H2,17,21)(H,18,20). The van der Waals surface area contributed by atoms with Crippen LogP contribution in [-0.2, 0) is 4.79 Å². The SMILES string of the molecule is CC1(C)CCN(CC(=O)Nc2ccc(C(N)=S)cc2)CC1. The van der Waals surface area contributed by atoms with Crippen LogP contribution in [0.4, 0.5) is 5.69 Å². The maximum absolute atomic E-state index is 12.1. The number of hydrogen-bond acceptors (Lipinski definition) is 3. The zero-order chi connectivity index (χ0) is 15.5. The minimum absolute atomic E-state index is 0.0257. The van der Waals surface area contributed by atoms with E-state index in [0.29, 0.717) is 16.9 Å². The van der Waals surface area contributed by atoms with Crippen molar-refractivity contribution in [2.75, 3.05) is 25.0 Å². The molecule has 1 aliphatic heterocycles. The van der Waals surface area contributed by atoms with Crippen LogP contribution in [0.15, 0.2) is 24.3 Å². The Kier molecular flexibility index (Phi) is 4.96. The van der Waals surface area contributed by atoms with Gasteiger partial charge in [0, 0.05) is 11.3 Å². The Morgan fingerprint density at radius 1 is 1.29 bits per heavy atom. The molecule has 1 saturated heterocycles. The summed E-state index contributed by atoms with van der Waals surface area (Å²) >= 11 is 4.90. The van der Waals surface area contributed by atoms with Crippen LogP contribution in [0.25, 0.3) is 0 Å². The van der Waals surface area contributed by atoms with Crippen molar-refractivity contribution in [3.05, 3.63) is 29.8 Å². The summed E-state index contributed by atoms with van der Waals surface area (Å²) < 4.78 is 0. The smallest absolute Gasteiger partial charge is 0.238 e. The third kappa shape index (κ3) is 4.79. The van der Waals surface area contributed by atoms with Gasteiger partial charge < -0.3 is 11.1 Å². The third-order valence-corrected chi connectivity index (χ3v) is 4.27. The molecule has 4 nitrogen and oxygen atoms in total. The van der Waals surface area contributed by atoms with E-state index in [1.54, 1.807) is 0 Å². The molecule has 1 heterocycles. The number of thiocarbonyl (C=S) groups is 1. The van der Waals surface area contributed by atoms with E-state index in [2.05, 4.69) is 24.1 Å². The van der Waals surface area contributed by atoms with Gasteiger partial charge in [0.25, 0.3) is 0 Å². The van der Waals surface area contributed by atoms with Crippen molar-refractivity contribution in [2.24, 2.45) is 11.1 Å². The van der Waals surface area contributed by atoms with Gasteiger partial charge in [-0.3, -0.25) is 9.69 Å². The summed E-state index contributed by atoms with van der Waals surface area (Å²) in [6.07, 6.45) is 2.28. The lowest BCUT2D eigenvalue weighted by Crippen LogP contribution is -2.41. The average Bonchev–Trinajstić information content (AvgIpc) is 2.42. The van der Waals surface area contributed by atoms with Gasteiger partial charge in [-0.1, -0.05) is 26.1 Å². The highest BCUT2D eigenvalue weighted by Gasteiger charge is 2.26. The number of nitrogens with two attached hydrogens (primary N) is 1.